The van der Waals surface area contributed by atoms with Crippen LogP contribution in [0.4, 0.5) is 5.69 Å². The number of carbonyl (C=O) groups is 1. The largest absolute Gasteiger partial charge is 0.497 e. The van der Waals surface area contributed by atoms with E-state index in [2.05, 4.69) is 15.5 Å². The Balaban J connectivity index is 2.14. The minimum absolute atomic E-state index is 0.135. The number of aromatic nitrogens is 2. The van der Waals surface area contributed by atoms with Gasteiger partial charge in [0.05, 0.1) is 19.9 Å². The van der Waals surface area contributed by atoms with Crippen LogP contribution >= 0.6 is 0 Å². The van der Waals surface area contributed by atoms with Crippen LogP contribution in [0.1, 0.15) is 23.8 Å². The summed E-state index contributed by atoms with van der Waals surface area (Å²) < 4.78 is 10.7. The van der Waals surface area contributed by atoms with Crippen molar-refractivity contribution in [2.75, 3.05) is 26.5 Å². The van der Waals surface area contributed by atoms with Crippen LogP contribution in [-0.4, -0.2) is 36.9 Å². The molecule has 27 heavy (non-hydrogen) atoms. The van der Waals surface area contributed by atoms with Gasteiger partial charge in [0.1, 0.15) is 17.0 Å². The number of nitrogens with zero attached hydrogens (tertiary/aromatic N) is 2. The molecule has 0 aliphatic carbocycles. The molecule has 0 fully saturated rings. The molecule has 7 nitrogen and oxygen atoms in total. The van der Waals surface area contributed by atoms with Gasteiger partial charge >= 0.3 is 0 Å². The molecule has 140 valence electrons. The highest BCUT2D eigenvalue weighted by atomic mass is 16.5. The van der Waals surface area contributed by atoms with Crippen molar-refractivity contribution in [3.8, 4) is 22.6 Å². The number of nitrogens with two attached hydrogens (primary N) is 1. The smallest absolute Gasteiger partial charge is 0.273 e. The number of benzene rings is 2. The van der Waals surface area contributed by atoms with Crippen LogP contribution in [0.3, 0.4) is 0 Å². The van der Waals surface area contributed by atoms with Crippen LogP contribution in [0, 0.1) is 0 Å². The zero-order valence-corrected chi connectivity index (χ0v) is 15.6. The van der Waals surface area contributed by atoms with Gasteiger partial charge in [-0.2, -0.15) is 0 Å². The van der Waals surface area contributed by atoms with Crippen molar-refractivity contribution in [3.63, 3.8) is 0 Å². The van der Waals surface area contributed by atoms with Gasteiger partial charge in [0.15, 0.2) is 5.69 Å². The van der Waals surface area contributed by atoms with E-state index >= 15 is 0 Å². The first-order chi connectivity index (χ1) is 13.1. The monoisotopic (exact) mass is 366 g/mol. The normalized spacial score (nSPS) is 10.6. The first-order valence-corrected chi connectivity index (χ1v) is 8.65. The van der Waals surface area contributed by atoms with E-state index in [4.69, 9.17) is 15.2 Å². The molecule has 1 aromatic heterocycles. The second-order valence-corrected chi connectivity index (χ2v) is 6.02. The van der Waals surface area contributed by atoms with Gasteiger partial charge in [-0.05, 0) is 24.1 Å². The Bertz CT molecular complexity index is 966. The maximum Gasteiger partial charge on any atom is 0.273 e. The van der Waals surface area contributed by atoms with E-state index in [1.165, 1.54) is 0 Å². The molecular weight excluding hydrogens is 344 g/mol. The quantitative estimate of drug-likeness (QED) is 0.696. The second-order valence-electron chi connectivity index (χ2n) is 6.02. The maximum atomic E-state index is 12.3. The third-order valence-corrected chi connectivity index (χ3v) is 4.24. The lowest BCUT2D eigenvalue weighted by molar-refractivity contribution is 0.0949. The lowest BCUT2D eigenvalue weighted by atomic mass is 10.0. The lowest BCUT2D eigenvalue weighted by Crippen LogP contribution is -2.26. The van der Waals surface area contributed by atoms with Gasteiger partial charge in [0.2, 0.25) is 0 Å². The van der Waals surface area contributed by atoms with E-state index in [-0.39, 0.29) is 11.6 Å². The molecule has 0 saturated carbocycles. The van der Waals surface area contributed by atoms with Gasteiger partial charge in [0.25, 0.3) is 5.91 Å². The van der Waals surface area contributed by atoms with Crippen LogP contribution in [0.2, 0.25) is 0 Å². The summed E-state index contributed by atoms with van der Waals surface area (Å²) in [5.74, 6) is 1.01. The number of hydrogen-bond acceptors (Lipinski definition) is 6. The Morgan fingerprint density at radius 1 is 1.11 bits per heavy atom. The molecule has 0 atom stereocenters. The molecule has 0 radical (unpaired) electrons. The Kier molecular flexibility index (Phi) is 5.40. The lowest BCUT2D eigenvalue weighted by Gasteiger charge is -2.12. The van der Waals surface area contributed by atoms with E-state index < -0.39 is 0 Å². The number of carbonyl (C=O) groups excluding carboxylic acids is 1. The second kappa shape index (κ2) is 7.90. The Labute approximate surface area is 157 Å². The van der Waals surface area contributed by atoms with Crippen molar-refractivity contribution >= 4 is 22.5 Å². The topological polar surface area (TPSA) is 99.4 Å². The van der Waals surface area contributed by atoms with Gasteiger partial charge in [0, 0.05) is 23.6 Å². The summed E-state index contributed by atoms with van der Waals surface area (Å²) in [7, 11) is 3.20. The van der Waals surface area contributed by atoms with Gasteiger partial charge in [-0.1, -0.05) is 25.1 Å². The predicted molar refractivity (Wildman–Crippen MR) is 105 cm³/mol. The van der Waals surface area contributed by atoms with Crippen molar-refractivity contribution in [1.82, 2.24) is 15.5 Å². The summed E-state index contributed by atoms with van der Waals surface area (Å²) in [6, 6.07) is 11.2. The number of nitrogens with one attached hydrogen (secondary N) is 1. The van der Waals surface area contributed by atoms with E-state index in [1.807, 2.05) is 37.3 Å². The van der Waals surface area contributed by atoms with Gasteiger partial charge in [-0.25, -0.2) is 0 Å². The standard InChI is InChI=1S/C20H22N4O3/c1-4-8-22-20(25)19-17(21)16-7-5-6-15(18(16)23-24-19)12-9-13(26-2)11-14(10-12)27-3/h5-7,9-11H,4,8H2,1-3H3,(H2,21,23)(H,22,25). The third-order valence-electron chi connectivity index (χ3n) is 4.24. The average Bonchev–Trinajstić information content (AvgIpc) is 2.71. The summed E-state index contributed by atoms with van der Waals surface area (Å²) in [6.45, 7) is 2.53. The molecule has 0 bridgehead atoms. The van der Waals surface area contributed by atoms with Gasteiger partial charge in [-0.15, -0.1) is 10.2 Å². The van der Waals surface area contributed by atoms with Crippen molar-refractivity contribution in [3.05, 3.63) is 42.1 Å². The molecule has 0 spiro atoms. The molecule has 0 unspecified atom stereocenters. The molecule has 0 saturated heterocycles. The number of fused-ring (bicyclic) bond motifs is 1. The first-order valence-electron chi connectivity index (χ1n) is 8.65. The summed E-state index contributed by atoms with van der Waals surface area (Å²) in [5, 5.41) is 11.8. The van der Waals surface area contributed by atoms with Crippen LogP contribution in [0.25, 0.3) is 22.0 Å². The molecule has 7 heteroatoms. The number of anilines is 1. The fourth-order valence-corrected chi connectivity index (χ4v) is 2.84. The van der Waals surface area contributed by atoms with Crippen molar-refractivity contribution in [2.45, 2.75) is 13.3 Å². The number of hydrogen-bond donors (Lipinski definition) is 2. The number of amides is 1. The highest BCUT2D eigenvalue weighted by Crippen LogP contribution is 2.34. The van der Waals surface area contributed by atoms with Gasteiger partial charge in [-0.3, -0.25) is 4.79 Å². The summed E-state index contributed by atoms with van der Waals surface area (Å²) in [5.41, 5.74) is 8.97. The number of ether oxygens (including phenoxy) is 2. The average molecular weight is 366 g/mol. The molecular formula is C20H22N4O3. The van der Waals surface area contributed by atoms with E-state index in [0.717, 1.165) is 17.5 Å². The SMILES string of the molecule is CCCNC(=O)c1nnc2c(-c3cc(OC)cc(OC)c3)cccc2c1N. The molecule has 0 aliphatic heterocycles. The Hall–Kier alpha value is -3.35. The van der Waals surface area contributed by atoms with Crippen LogP contribution < -0.4 is 20.5 Å². The third kappa shape index (κ3) is 3.62. The highest BCUT2D eigenvalue weighted by molar-refractivity contribution is 6.07. The highest BCUT2D eigenvalue weighted by Gasteiger charge is 2.17. The minimum atomic E-state index is -0.322. The van der Waals surface area contributed by atoms with Crippen LogP contribution in [0.15, 0.2) is 36.4 Å². The Morgan fingerprint density at radius 2 is 1.81 bits per heavy atom. The number of nitrogen functional groups attached to an aromatic ring is 1. The van der Waals surface area contributed by atoms with Crippen molar-refractivity contribution in [2.24, 2.45) is 0 Å². The summed E-state index contributed by atoms with van der Waals surface area (Å²) in [4.78, 5) is 12.3. The van der Waals surface area contributed by atoms with E-state index in [1.54, 1.807) is 20.3 Å². The van der Waals surface area contributed by atoms with Gasteiger partial charge < -0.3 is 20.5 Å². The predicted octanol–water partition coefficient (Wildman–Crippen LogP) is 3.04. The van der Waals surface area contributed by atoms with Crippen LogP contribution in [0.5, 0.6) is 11.5 Å². The minimum Gasteiger partial charge on any atom is -0.497 e. The summed E-state index contributed by atoms with van der Waals surface area (Å²) >= 11 is 0. The van der Waals surface area contributed by atoms with Crippen LogP contribution in [-0.2, 0) is 0 Å². The molecule has 3 rings (SSSR count). The fourth-order valence-electron chi connectivity index (χ4n) is 2.84. The maximum absolute atomic E-state index is 12.3. The molecule has 0 aliphatic rings. The van der Waals surface area contributed by atoms with E-state index in [0.29, 0.717) is 34.6 Å². The molecule has 1 amide bonds. The fraction of sp³-hybridized carbons (Fsp3) is 0.250. The molecule has 3 aromatic rings. The zero-order valence-electron chi connectivity index (χ0n) is 15.6. The van der Waals surface area contributed by atoms with Crippen molar-refractivity contribution < 1.29 is 14.3 Å². The summed E-state index contributed by atoms with van der Waals surface area (Å²) in [6.07, 6.45) is 0.828. The first kappa shape index (κ1) is 18.4. The van der Waals surface area contributed by atoms with Crippen molar-refractivity contribution in [1.29, 1.82) is 0 Å². The Morgan fingerprint density at radius 3 is 2.44 bits per heavy atom. The van der Waals surface area contributed by atoms with E-state index in [9.17, 15) is 4.79 Å². The number of methoxy groups -OCH3 is 2. The number of rotatable bonds is 6. The molecule has 3 N–H and O–H groups in total. The molecule has 1 heterocycles. The zero-order chi connectivity index (χ0) is 19.4. The molecule has 2 aromatic carbocycles.